The number of unbranched alkanes of at least 4 members (excludes halogenated alkanes) is 4. The van der Waals surface area contributed by atoms with Crippen molar-refractivity contribution in [3.05, 3.63) is 18.7 Å². The van der Waals surface area contributed by atoms with Gasteiger partial charge in [-0.2, -0.15) is 0 Å². The summed E-state index contributed by atoms with van der Waals surface area (Å²) in [4.78, 5) is 0. The van der Waals surface area contributed by atoms with E-state index in [9.17, 15) is 0 Å². The Kier molecular flexibility index (Phi) is 10.1. The van der Waals surface area contributed by atoms with Crippen LogP contribution in [0.5, 0.6) is 0 Å². The Bertz CT molecular complexity index is 234. The van der Waals surface area contributed by atoms with Crippen LogP contribution in [-0.4, -0.2) is 4.57 Å². The smallest absolute Gasteiger partial charge is 0.243 e. The first-order valence-corrected chi connectivity index (χ1v) is 6.41. The molecule has 3 heteroatoms. The van der Waals surface area contributed by atoms with Crippen LogP contribution < -0.4 is 28.5 Å². The average Bonchev–Trinajstić information content (AvgIpc) is 2.67. The van der Waals surface area contributed by atoms with Crippen molar-refractivity contribution in [2.75, 3.05) is 0 Å². The van der Waals surface area contributed by atoms with Crippen molar-refractivity contribution in [3.8, 4) is 0 Å². The van der Waals surface area contributed by atoms with E-state index < -0.39 is 0 Å². The van der Waals surface area contributed by atoms with Crippen LogP contribution in [0.25, 0.3) is 0 Å². The molecular weight excluding hydrogens is 311 g/mol. The molecule has 0 aliphatic rings. The summed E-state index contributed by atoms with van der Waals surface area (Å²) in [6.45, 7) is 6.85. The second kappa shape index (κ2) is 10.1. The van der Waals surface area contributed by atoms with Crippen LogP contribution in [0.2, 0.25) is 0 Å². The van der Waals surface area contributed by atoms with Crippen LogP contribution in [0.15, 0.2) is 18.7 Å². The molecular formula is C13H25IN2. The van der Waals surface area contributed by atoms with Gasteiger partial charge in [-0.05, 0) is 25.7 Å². The van der Waals surface area contributed by atoms with Crippen LogP contribution in [0.4, 0.5) is 0 Å². The van der Waals surface area contributed by atoms with Gasteiger partial charge in [-0.1, -0.05) is 26.7 Å². The summed E-state index contributed by atoms with van der Waals surface area (Å²) in [6.07, 6.45) is 14.5. The molecule has 1 heterocycles. The lowest BCUT2D eigenvalue weighted by molar-refractivity contribution is -0.696. The molecule has 0 amide bonds. The zero-order valence-electron chi connectivity index (χ0n) is 10.7. The Balaban J connectivity index is 0.00000225. The molecule has 94 valence electrons. The van der Waals surface area contributed by atoms with E-state index in [4.69, 9.17) is 0 Å². The molecule has 0 aromatic carbocycles. The third-order valence-electron chi connectivity index (χ3n) is 2.79. The summed E-state index contributed by atoms with van der Waals surface area (Å²) < 4.78 is 4.61. The maximum Gasteiger partial charge on any atom is 0.243 e. The molecule has 0 aliphatic carbocycles. The number of nitrogens with zero attached hydrogens (tertiary/aromatic N) is 2. The zero-order chi connectivity index (χ0) is 10.9. The molecule has 0 radical (unpaired) electrons. The normalized spacial score (nSPS) is 10.1. The van der Waals surface area contributed by atoms with Gasteiger partial charge in [0.05, 0.1) is 13.1 Å². The van der Waals surface area contributed by atoms with Crippen LogP contribution in [0.3, 0.4) is 0 Å². The molecule has 0 N–H and O–H groups in total. The zero-order valence-corrected chi connectivity index (χ0v) is 12.8. The van der Waals surface area contributed by atoms with E-state index in [1.54, 1.807) is 0 Å². The van der Waals surface area contributed by atoms with Crippen LogP contribution in [0.1, 0.15) is 52.4 Å². The Labute approximate surface area is 117 Å². The molecule has 0 saturated carbocycles. The van der Waals surface area contributed by atoms with E-state index in [2.05, 4.69) is 41.7 Å². The fourth-order valence-electron chi connectivity index (χ4n) is 1.79. The molecule has 1 aromatic heterocycles. The van der Waals surface area contributed by atoms with Gasteiger partial charge in [0.25, 0.3) is 0 Å². The minimum Gasteiger partial charge on any atom is -1.00 e. The molecule has 2 nitrogen and oxygen atoms in total. The third-order valence-corrected chi connectivity index (χ3v) is 2.79. The molecule has 16 heavy (non-hydrogen) atoms. The quantitative estimate of drug-likeness (QED) is 0.363. The Morgan fingerprint density at radius 3 is 2.38 bits per heavy atom. The standard InChI is InChI=1S/C13H25N2.HI/c1-3-5-7-9-14-11-12-15(13-14)10-8-6-4-2;/h11-13H,3-10H2,1-2H3;1H/q+1;/p-1. The van der Waals surface area contributed by atoms with Crippen molar-refractivity contribution in [2.45, 2.75) is 65.5 Å². The predicted octanol–water partition coefficient (Wildman–Crippen LogP) is 0.160. The van der Waals surface area contributed by atoms with Crippen molar-refractivity contribution >= 4 is 0 Å². The summed E-state index contributed by atoms with van der Waals surface area (Å²) in [7, 11) is 0. The van der Waals surface area contributed by atoms with E-state index in [-0.39, 0.29) is 24.0 Å². The van der Waals surface area contributed by atoms with Crippen LogP contribution in [-0.2, 0) is 13.1 Å². The van der Waals surface area contributed by atoms with E-state index in [0.717, 1.165) is 0 Å². The highest BCUT2D eigenvalue weighted by Gasteiger charge is 2.02. The van der Waals surface area contributed by atoms with Gasteiger partial charge in [-0.3, -0.25) is 0 Å². The number of halogens is 1. The molecule has 1 rings (SSSR count). The van der Waals surface area contributed by atoms with Gasteiger partial charge in [-0.15, -0.1) is 0 Å². The lowest BCUT2D eigenvalue weighted by Gasteiger charge is -1.96. The highest BCUT2D eigenvalue weighted by molar-refractivity contribution is 4.65. The van der Waals surface area contributed by atoms with Gasteiger partial charge < -0.3 is 24.0 Å². The molecule has 0 unspecified atom stereocenters. The topological polar surface area (TPSA) is 8.81 Å². The fraction of sp³-hybridized carbons (Fsp3) is 0.769. The first kappa shape index (κ1) is 15.9. The van der Waals surface area contributed by atoms with Gasteiger partial charge >= 0.3 is 0 Å². The highest BCUT2D eigenvalue weighted by Crippen LogP contribution is 1.98. The Morgan fingerprint density at radius 1 is 1.00 bits per heavy atom. The van der Waals surface area contributed by atoms with Crippen molar-refractivity contribution < 1.29 is 28.5 Å². The fourth-order valence-corrected chi connectivity index (χ4v) is 1.79. The van der Waals surface area contributed by atoms with E-state index in [1.165, 1.54) is 51.6 Å². The molecule has 0 bridgehead atoms. The lowest BCUT2D eigenvalue weighted by atomic mass is 10.2. The summed E-state index contributed by atoms with van der Waals surface area (Å²) in [5.41, 5.74) is 0. The van der Waals surface area contributed by atoms with Gasteiger partial charge in [0, 0.05) is 0 Å². The van der Waals surface area contributed by atoms with Gasteiger partial charge in [0.1, 0.15) is 12.4 Å². The number of rotatable bonds is 8. The first-order chi connectivity index (χ1) is 7.36. The molecule has 0 fully saturated rings. The number of imidazole rings is 1. The molecule has 0 aliphatic heterocycles. The SMILES string of the molecule is CCCCCn1cc[n+](CCCCC)c1.[I-]. The predicted molar refractivity (Wildman–Crippen MR) is 63.7 cm³/mol. The summed E-state index contributed by atoms with van der Waals surface area (Å²) in [5, 5.41) is 0. The van der Waals surface area contributed by atoms with Crippen LogP contribution in [0, 0.1) is 0 Å². The monoisotopic (exact) mass is 336 g/mol. The Hall–Kier alpha value is -0.0600. The number of hydrogen-bond acceptors (Lipinski definition) is 0. The first-order valence-electron chi connectivity index (χ1n) is 6.41. The van der Waals surface area contributed by atoms with E-state index in [1.807, 2.05) is 0 Å². The summed E-state index contributed by atoms with van der Waals surface area (Å²) in [5.74, 6) is 0. The maximum atomic E-state index is 2.31. The van der Waals surface area contributed by atoms with E-state index >= 15 is 0 Å². The largest absolute Gasteiger partial charge is 1.00 e. The minimum atomic E-state index is 0. The number of aromatic nitrogens is 2. The van der Waals surface area contributed by atoms with E-state index in [0.29, 0.717) is 0 Å². The molecule has 0 atom stereocenters. The van der Waals surface area contributed by atoms with Crippen molar-refractivity contribution in [1.29, 1.82) is 0 Å². The highest BCUT2D eigenvalue weighted by atomic mass is 127. The molecule has 0 spiro atoms. The van der Waals surface area contributed by atoms with Crippen molar-refractivity contribution in [2.24, 2.45) is 0 Å². The van der Waals surface area contributed by atoms with Crippen molar-refractivity contribution in [3.63, 3.8) is 0 Å². The van der Waals surface area contributed by atoms with Gasteiger partial charge in [-0.25, -0.2) is 9.13 Å². The number of aryl methyl sites for hydroxylation is 2. The van der Waals surface area contributed by atoms with Crippen molar-refractivity contribution in [1.82, 2.24) is 4.57 Å². The van der Waals surface area contributed by atoms with Crippen LogP contribution >= 0.6 is 0 Å². The van der Waals surface area contributed by atoms with Gasteiger partial charge in [0.15, 0.2) is 0 Å². The molecule has 1 aromatic rings. The second-order valence-corrected chi connectivity index (χ2v) is 4.30. The summed E-state index contributed by atoms with van der Waals surface area (Å²) in [6, 6.07) is 0. The number of hydrogen-bond donors (Lipinski definition) is 0. The van der Waals surface area contributed by atoms with Gasteiger partial charge in [0.2, 0.25) is 6.33 Å². The minimum absolute atomic E-state index is 0. The maximum absolute atomic E-state index is 2.31. The lowest BCUT2D eigenvalue weighted by Crippen LogP contribution is -3.00. The third kappa shape index (κ3) is 6.51. The summed E-state index contributed by atoms with van der Waals surface area (Å²) >= 11 is 0. The Morgan fingerprint density at radius 2 is 1.69 bits per heavy atom. The molecule has 0 saturated heterocycles. The average molecular weight is 336 g/mol. The second-order valence-electron chi connectivity index (χ2n) is 4.30.